The molecule has 0 radical (unpaired) electrons. The van der Waals surface area contributed by atoms with Crippen molar-refractivity contribution in [3.8, 4) is 0 Å². The second kappa shape index (κ2) is 10.4. The Morgan fingerprint density at radius 3 is 2.41 bits per heavy atom. The van der Waals surface area contributed by atoms with E-state index in [-0.39, 0.29) is 29.7 Å². The van der Waals surface area contributed by atoms with Crippen molar-refractivity contribution in [2.24, 2.45) is 11.7 Å². The number of nitrogens with zero attached hydrogens (tertiary/aromatic N) is 5. The summed E-state index contributed by atoms with van der Waals surface area (Å²) in [6, 6.07) is 14.1. The number of piperidine rings is 1. The highest BCUT2D eigenvalue weighted by molar-refractivity contribution is 7.89. The summed E-state index contributed by atoms with van der Waals surface area (Å²) in [4.78, 5) is 37.5. The highest BCUT2D eigenvalue weighted by atomic mass is 32.2. The van der Waals surface area contributed by atoms with Gasteiger partial charge >= 0.3 is 0 Å². The maximum Gasteiger partial charge on any atom is 0.243 e. The second-order valence-corrected chi connectivity index (χ2v) is 11.5. The SMILES string of the molecule is NC(=O)Cc1ccc(S(=O)(=O)N2CCCC(C(=O)N3CCN(c4ncnc5ccccc45)CC3)C2)cc1. The maximum absolute atomic E-state index is 13.4. The van der Waals surface area contributed by atoms with E-state index < -0.39 is 15.9 Å². The van der Waals surface area contributed by atoms with Gasteiger partial charge < -0.3 is 15.5 Å². The predicted octanol–water partition coefficient (Wildman–Crippen LogP) is 1.41. The van der Waals surface area contributed by atoms with Gasteiger partial charge in [-0.25, -0.2) is 18.4 Å². The molecular weight excluding hydrogens is 492 g/mol. The zero-order chi connectivity index (χ0) is 26.0. The van der Waals surface area contributed by atoms with Crippen molar-refractivity contribution in [1.82, 2.24) is 19.2 Å². The number of rotatable bonds is 6. The summed E-state index contributed by atoms with van der Waals surface area (Å²) in [5.74, 6) is 0.0293. The lowest BCUT2D eigenvalue weighted by molar-refractivity contribution is -0.137. The van der Waals surface area contributed by atoms with Crippen molar-refractivity contribution < 1.29 is 18.0 Å². The van der Waals surface area contributed by atoms with E-state index in [0.29, 0.717) is 51.1 Å². The molecule has 11 heteroatoms. The molecule has 0 aliphatic carbocycles. The summed E-state index contributed by atoms with van der Waals surface area (Å²) in [6.07, 6.45) is 2.92. The minimum Gasteiger partial charge on any atom is -0.369 e. The minimum atomic E-state index is -3.75. The Labute approximate surface area is 216 Å². The molecule has 5 rings (SSSR count). The van der Waals surface area contributed by atoms with Crippen LogP contribution in [0.25, 0.3) is 10.9 Å². The average Bonchev–Trinajstić information content (AvgIpc) is 2.92. The van der Waals surface area contributed by atoms with E-state index in [9.17, 15) is 18.0 Å². The number of amides is 2. The van der Waals surface area contributed by atoms with Crippen molar-refractivity contribution in [3.63, 3.8) is 0 Å². The molecule has 37 heavy (non-hydrogen) atoms. The molecule has 2 saturated heterocycles. The number of anilines is 1. The second-order valence-electron chi connectivity index (χ2n) is 9.52. The Morgan fingerprint density at radius 1 is 0.946 bits per heavy atom. The first-order chi connectivity index (χ1) is 17.8. The quantitative estimate of drug-likeness (QED) is 0.518. The molecule has 2 aromatic carbocycles. The summed E-state index contributed by atoms with van der Waals surface area (Å²) in [5, 5.41) is 0.987. The highest BCUT2D eigenvalue weighted by Gasteiger charge is 2.36. The number of piperazine rings is 1. The van der Waals surface area contributed by atoms with Crippen LogP contribution in [0.3, 0.4) is 0 Å². The summed E-state index contributed by atoms with van der Waals surface area (Å²) in [5.41, 5.74) is 6.77. The van der Waals surface area contributed by atoms with Crippen LogP contribution in [0.1, 0.15) is 18.4 Å². The van der Waals surface area contributed by atoms with Gasteiger partial charge in [-0.05, 0) is 42.7 Å². The maximum atomic E-state index is 13.4. The van der Waals surface area contributed by atoms with Gasteiger partial charge in [0.05, 0.1) is 22.8 Å². The van der Waals surface area contributed by atoms with E-state index in [2.05, 4.69) is 14.9 Å². The van der Waals surface area contributed by atoms with Gasteiger partial charge in [-0.1, -0.05) is 24.3 Å². The molecule has 10 nitrogen and oxygen atoms in total. The molecule has 0 spiro atoms. The molecule has 2 N–H and O–H groups in total. The van der Waals surface area contributed by atoms with Crippen LogP contribution in [0, 0.1) is 5.92 Å². The largest absolute Gasteiger partial charge is 0.369 e. The number of carbonyl (C=O) groups excluding carboxylic acids is 2. The monoisotopic (exact) mass is 522 g/mol. The fourth-order valence-corrected chi connectivity index (χ4v) is 6.66. The van der Waals surface area contributed by atoms with E-state index in [0.717, 1.165) is 16.7 Å². The zero-order valence-corrected chi connectivity index (χ0v) is 21.3. The van der Waals surface area contributed by atoms with Crippen LogP contribution in [0.5, 0.6) is 0 Å². The molecule has 2 aliphatic heterocycles. The molecular formula is C26H30N6O4S. The number of nitrogens with two attached hydrogens (primary N) is 1. The number of primary amides is 1. The summed E-state index contributed by atoms with van der Waals surface area (Å²) >= 11 is 0. The fourth-order valence-electron chi connectivity index (χ4n) is 5.13. The van der Waals surface area contributed by atoms with Crippen molar-refractivity contribution >= 4 is 38.6 Å². The van der Waals surface area contributed by atoms with Gasteiger partial charge in [0.1, 0.15) is 12.1 Å². The Balaban J connectivity index is 1.22. The lowest BCUT2D eigenvalue weighted by Crippen LogP contribution is -2.53. The van der Waals surface area contributed by atoms with Crippen molar-refractivity contribution in [2.45, 2.75) is 24.2 Å². The van der Waals surface area contributed by atoms with Crippen molar-refractivity contribution in [3.05, 3.63) is 60.4 Å². The van der Waals surface area contributed by atoms with Gasteiger partial charge in [-0.3, -0.25) is 9.59 Å². The molecule has 0 saturated carbocycles. The number of aromatic nitrogens is 2. The summed E-state index contributed by atoms with van der Waals surface area (Å²) < 4.78 is 27.9. The van der Waals surface area contributed by atoms with Crippen LogP contribution in [0.4, 0.5) is 5.82 Å². The van der Waals surface area contributed by atoms with Gasteiger partial charge in [0, 0.05) is 44.7 Å². The fraction of sp³-hybridized carbons (Fsp3) is 0.385. The third-order valence-corrected chi connectivity index (χ3v) is 8.96. The lowest BCUT2D eigenvalue weighted by atomic mass is 9.97. The first-order valence-corrected chi connectivity index (χ1v) is 13.9. The molecule has 1 unspecified atom stereocenters. The van der Waals surface area contributed by atoms with E-state index in [4.69, 9.17) is 5.73 Å². The molecule has 3 heterocycles. The first kappa shape index (κ1) is 25.1. The van der Waals surface area contributed by atoms with Crippen LogP contribution in [-0.4, -0.2) is 78.7 Å². The van der Waals surface area contributed by atoms with Gasteiger partial charge in [0.15, 0.2) is 0 Å². The molecule has 1 aromatic heterocycles. The van der Waals surface area contributed by atoms with Gasteiger partial charge in [0.2, 0.25) is 21.8 Å². The number of hydrogen-bond donors (Lipinski definition) is 1. The van der Waals surface area contributed by atoms with E-state index >= 15 is 0 Å². The van der Waals surface area contributed by atoms with E-state index in [1.54, 1.807) is 18.5 Å². The number of carbonyl (C=O) groups is 2. The molecule has 194 valence electrons. The van der Waals surface area contributed by atoms with E-state index in [1.165, 1.54) is 16.4 Å². The molecule has 0 bridgehead atoms. The Hall–Kier alpha value is -3.57. The molecule has 2 fully saturated rings. The van der Waals surface area contributed by atoms with Gasteiger partial charge in [-0.2, -0.15) is 4.31 Å². The Morgan fingerprint density at radius 2 is 1.68 bits per heavy atom. The predicted molar refractivity (Wildman–Crippen MR) is 139 cm³/mol. The summed E-state index contributed by atoms with van der Waals surface area (Å²) in [7, 11) is -3.75. The third kappa shape index (κ3) is 5.28. The number of fused-ring (bicyclic) bond motifs is 1. The lowest BCUT2D eigenvalue weighted by Gasteiger charge is -2.39. The van der Waals surface area contributed by atoms with E-state index in [1.807, 2.05) is 29.2 Å². The molecule has 2 aliphatic rings. The normalized spacial score (nSPS) is 19.2. The van der Waals surface area contributed by atoms with Crippen LogP contribution >= 0.6 is 0 Å². The molecule has 3 aromatic rings. The molecule has 1 atom stereocenters. The average molecular weight is 523 g/mol. The van der Waals surface area contributed by atoms with Crippen molar-refractivity contribution in [1.29, 1.82) is 0 Å². The van der Waals surface area contributed by atoms with Crippen LogP contribution in [-0.2, 0) is 26.0 Å². The number of para-hydroxylation sites is 1. The van der Waals surface area contributed by atoms with Crippen LogP contribution in [0.2, 0.25) is 0 Å². The number of hydrogen-bond acceptors (Lipinski definition) is 7. The van der Waals surface area contributed by atoms with Crippen LogP contribution in [0.15, 0.2) is 59.8 Å². The van der Waals surface area contributed by atoms with Crippen molar-refractivity contribution in [2.75, 3.05) is 44.2 Å². The van der Waals surface area contributed by atoms with Crippen LogP contribution < -0.4 is 10.6 Å². The third-order valence-electron chi connectivity index (χ3n) is 7.09. The Bertz CT molecular complexity index is 1400. The minimum absolute atomic E-state index is 0.00361. The van der Waals surface area contributed by atoms with Gasteiger partial charge in [0.25, 0.3) is 0 Å². The molecule has 2 amide bonds. The standard InChI is InChI=1S/C26H30N6O4S/c27-24(33)16-19-7-9-21(10-8-19)37(35,36)32-11-3-4-20(17-32)26(34)31-14-12-30(13-15-31)25-22-5-1-2-6-23(22)28-18-29-25/h1-2,5-10,18,20H,3-4,11-17H2,(H2,27,33). The number of sulfonamides is 1. The summed E-state index contributed by atoms with van der Waals surface area (Å²) in [6.45, 7) is 2.96. The first-order valence-electron chi connectivity index (χ1n) is 12.4. The smallest absolute Gasteiger partial charge is 0.243 e. The topological polar surface area (TPSA) is 130 Å². The highest BCUT2D eigenvalue weighted by Crippen LogP contribution is 2.27. The Kier molecular flexibility index (Phi) is 7.07. The van der Waals surface area contributed by atoms with Gasteiger partial charge in [-0.15, -0.1) is 0 Å². The zero-order valence-electron chi connectivity index (χ0n) is 20.5. The number of benzene rings is 2.